The molecule has 0 aliphatic rings. The van der Waals surface area contributed by atoms with Crippen LogP contribution < -0.4 is 5.56 Å². The Morgan fingerprint density at radius 1 is 0.724 bits per heavy atom. The molecule has 0 radical (unpaired) electrons. The number of carbonyl (C=O) groups is 1. The van der Waals surface area contributed by atoms with Crippen molar-refractivity contribution in [1.29, 1.82) is 0 Å². The van der Waals surface area contributed by atoms with Crippen LogP contribution in [-0.2, 0) is 6.54 Å². The van der Waals surface area contributed by atoms with E-state index in [2.05, 4.69) is 18.2 Å². The lowest BCUT2D eigenvalue weighted by atomic mass is 9.99. The summed E-state index contributed by atoms with van der Waals surface area (Å²) in [7, 11) is 0. The summed E-state index contributed by atoms with van der Waals surface area (Å²) in [6.45, 7) is 0.417. The van der Waals surface area contributed by atoms with Gasteiger partial charge >= 0.3 is 5.97 Å². The van der Waals surface area contributed by atoms with E-state index < -0.39 is 5.97 Å². The number of hydrogen-bond donors (Lipinski definition) is 1. The first-order valence-corrected chi connectivity index (χ1v) is 9.30. The summed E-state index contributed by atoms with van der Waals surface area (Å²) >= 11 is 0. The molecule has 0 saturated heterocycles. The van der Waals surface area contributed by atoms with Gasteiger partial charge in [-0.05, 0) is 40.5 Å². The Bertz CT molecular complexity index is 1210. The van der Waals surface area contributed by atoms with E-state index in [0.29, 0.717) is 6.54 Å². The average molecular weight is 381 g/mol. The van der Waals surface area contributed by atoms with Gasteiger partial charge in [0.1, 0.15) is 0 Å². The van der Waals surface area contributed by atoms with Crippen LogP contribution in [0.5, 0.6) is 0 Å². The topological polar surface area (TPSA) is 59.3 Å². The lowest BCUT2D eigenvalue weighted by Gasteiger charge is -2.16. The van der Waals surface area contributed by atoms with Gasteiger partial charge in [0.15, 0.2) is 0 Å². The first kappa shape index (κ1) is 18.4. The van der Waals surface area contributed by atoms with Crippen molar-refractivity contribution in [3.8, 4) is 22.4 Å². The Labute approximate surface area is 168 Å². The molecule has 1 heterocycles. The van der Waals surface area contributed by atoms with Gasteiger partial charge in [-0.3, -0.25) is 4.79 Å². The van der Waals surface area contributed by atoms with Crippen LogP contribution in [0.1, 0.15) is 15.9 Å². The van der Waals surface area contributed by atoms with Crippen molar-refractivity contribution in [1.82, 2.24) is 4.57 Å². The summed E-state index contributed by atoms with van der Waals surface area (Å²) in [5, 5.41) is 9.12. The van der Waals surface area contributed by atoms with E-state index in [4.69, 9.17) is 5.11 Å². The smallest absolute Gasteiger partial charge is 0.335 e. The summed E-state index contributed by atoms with van der Waals surface area (Å²) in [6.07, 6.45) is 0. The Kier molecular flexibility index (Phi) is 5.08. The van der Waals surface area contributed by atoms with Crippen molar-refractivity contribution in [2.45, 2.75) is 6.54 Å². The second kappa shape index (κ2) is 7.98. The molecule has 29 heavy (non-hydrogen) atoms. The number of carboxylic acids is 1. The maximum atomic E-state index is 12.7. The van der Waals surface area contributed by atoms with Gasteiger partial charge in [0.05, 0.1) is 17.8 Å². The minimum atomic E-state index is -0.973. The normalized spacial score (nSPS) is 10.6. The predicted octanol–water partition coefficient (Wildman–Crippen LogP) is 4.93. The molecule has 1 N–H and O–H groups in total. The van der Waals surface area contributed by atoms with Gasteiger partial charge in [0.25, 0.3) is 5.56 Å². The zero-order valence-corrected chi connectivity index (χ0v) is 15.7. The third kappa shape index (κ3) is 3.87. The van der Waals surface area contributed by atoms with Crippen LogP contribution in [0.4, 0.5) is 0 Å². The van der Waals surface area contributed by atoms with E-state index in [9.17, 15) is 9.59 Å². The zero-order chi connectivity index (χ0) is 20.2. The number of hydrogen-bond acceptors (Lipinski definition) is 2. The van der Waals surface area contributed by atoms with Gasteiger partial charge < -0.3 is 9.67 Å². The van der Waals surface area contributed by atoms with Crippen molar-refractivity contribution >= 4 is 5.97 Å². The van der Waals surface area contributed by atoms with Crippen LogP contribution in [0.2, 0.25) is 0 Å². The van der Waals surface area contributed by atoms with E-state index in [-0.39, 0.29) is 11.1 Å². The molecule has 3 aromatic carbocycles. The van der Waals surface area contributed by atoms with Crippen molar-refractivity contribution in [3.05, 3.63) is 119 Å². The molecule has 0 aliphatic carbocycles. The van der Waals surface area contributed by atoms with Crippen LogP contribution in [0.3, 0.4) is 0 Å². The van der Waals surface area contributed by atoms with Crippen LogP contribution in [0.25, 0.3) is 22.4 Å². The number of aromatic nitrogens is 1. The molecule has 0 bridgehead atoms. The third-order valence-electron chi connectivity index (χ3n) is 4.91. The van der Waals surface area contributed by atoms with Crippen LogP contribution >= 0.6 is 0 Å². The van der Waals surface area contributed by atoms with Gasteiger partial charge in [-0.2, -0.15) is 0 Å². The fourth-order valence-corrected chi connectivity index (χ4v) is 3.45. The number of aromatic carboxylic acids is 1. The van der Waals surface area contributed by atoms with E-state index in [1.165, 1.54) is 0 Å². The molecule has 0 aliphatic heterocycles. The summed E-state index contributed by atoms with van der Waals surface area (Å²) < 4.78 is 1.72. The molecule has 0 unspecified atom stereocenters. The molecule has 4 aromatic rings. The quantitative estimate of drug-likeness (QED) is 0.533. The molecule has 4 rings (SSSR count). The lowest BCUT2D eigenvalue weighted by molar-refractivity contribution is 0.0697. The molecule has 4 heteroatoms. The Hall–Kier alpha value is -3.92. The molecule has 1 aromatic heterocycles. The SMILES string of the molecule is O=C(O)c1ccc(-c2cccc(=O)n2Cc2ccccc2-c2ccccc2)cc1. The first-order chi connectivity index (χ1) is 14.1. The molecule has 0 spiro atoms. The molecular weight excluding hydrogens is 362 g/mol. The van der Waals surface area contributed by atoms with Crippen molar-refractivity contribution in [2.75, 3.05) is 0 Å². The summed E-state index contributed by atoms with van der Waals surface area (Å²) in [5.74, 6) is -0.973. The first-order valence-electron chi connectivity index (χ1n) is 9.30. The number of benzene rings is 3. The van der Waals surface area contributed by atoms with E-state index in [1.54, 1.807) is 41.0 Å². The highest BCUT2D eigenvalue weighted by Crippen LogP contribution is 2.26. The summed E-state index contributed by atoms with van der Waals surface area (Å²) in [6, 6.07) is 29.8. The van der Waals surface area contributed by atoms with Crippen LogP contribution in [-0.4, -0.2) is 15.6 Å². The van der Waals surface area contributed by atoms with Gasteiger partial charge in [0.2, 0.25) is 0 Å². The fraction of sp³-hybridized carbons (Fsp3) is 0.0400. The van der Waals surface area contributed by atoms with Gasteiger partial charge in [-0.15, -0.1) is 0 Å². The summed E-state index contributed by atoms with van der Waals surface area (Å²) in [4.78, 5) is 23.8. The number of carboxylic acid groups (broad SMARTS) is 1. The molecular formula is C25H19NO3. The van der Waals surface area contributed by atoms with Crippen LogP contribution in [0.15, 0.2) is 102 Å². The van der Waals surface area contributed by atoms with E-state index in [0.717, 1.165) is 27.9 Å². The molecule has 0 saturated carbocycles. The average Bonchev–Trinajstić information content (AvgIpc) is 2.76. The summed E-state index contributed by atoms with van der Waals surface area (Å²) in [5.41, 5.74) is 4.87. The third-order valence-corrected chi connectivity index (χ3v) is 4.91. The highest BCUT2D eigenvalue weighted by molar-refractivity contribution is 5.88. The van der Waals surface area contributed by atoms with Crippen molar-refractivity contribution in [2.24, 2.45) is 0 Å². The second-order valence-corrected chi connectivity index (χ2v) is 6.74. The number of nitrogens with zero attached hydrogens (tertiary/aromatic N) is 1. The van der Waals surface area contributed by atoms with Gasteiger partial charge in [0, 0.05) is 6.07 Å². The Morgan fingerprint density at radius 2 is 1.41 bits per heavy atom. The molecule has 142 valence electrons. The zero-order valence-electron chi connectivity index (χ0n) is 15.7. The second-order valence-electron chi connectivity index (χ2n) is 6.74. The van der Waals surface area contributed by atoms with E-state index in [1.807, 2.05) is 42.5 Å². The minimum Gasteiger partial charge on any atom is -0.478 e. The van der Waals surface area contributed by atoms with Gasteiger partial charge in [-0.25, -0.2) is 4.79 Å². The van der Waals surface area contributed by atoms with Crippen LogP contribution in [0, 0.1) is 0 Å². The minimum absolute atomic E-state index is 0.104. The largest absolute Gasteiger partial charge is 0.478 e. The fourth-order valence-electron chi connectivity index (χ4n) is 3.45. The Balaban J connectivity index is 1.78. The standard InChI is InChI=1S/C25H19NO3/c27-24-12-6-11-23(19-13-15-20(16-14-19)25(28)29)26(24)17-21-9-4-5-10-22(21)18-7-2-1-3-8-18/h1-16H,17H2,(H,28,29). The molecule has 0 fully saturated rings. The highest BCUT2D eigenvalue weighted by atomic mass is 16.4. The van der Waals surface area contributed by atoms with Crippen molar-refractivity contribution < 1.29 is 9.90 Å². The van der Waals surface area contributed by atoms with E-state index >= 15 is 0 Å². The lowest BCUT2D eigenvalue weighted by Crippen LogP contribution is -2.21. The Morgan fingerprint density at radius 3 is 2.14 bits per heavy atom. The van der Waals surface area contributed by atoms with Gasteiger partial charge in [-0.1, -0.05) is 72.8 Å². The number of pyridine rings is 1. The highest BCUT2D eigenvalue weighted by Gasteiger charge is 2.11. The van der Waals surface area contributed by atoms with Crippen molar-refractivity contribution in [3.63, 3.8) is 0 Å². The number of rotatable bonds is 5. The maximum Gasteiger partial charge on any atom is 0.335 e. The maximum absolute atomic E-state index is 12.7. The predicted molar refractivity (Wildman–Crippen MR) is 114 cm³/mol. The molecule has 4 nitrogen and oxygen atoms in total. The monoisotopic (exact) mass is 381 g/mol. The molecule has 0 amide bonds. The molecule has 0 atom stereocenters.